The third-order valence-electron chi connectivity index (χ3n) is 1.73. The molecule has 0 heterocycles. The highest BCUT2D eigenvalue weighted by molar-refractivity contribution is 5.89. The molecule has 1 aromatic rings. The van der Waals surface area contributed by atoms with Gasteiger partial charge in [0.2, 0.25) is 5.91 Å². The Bertz CT molecular complexity index is 359. The van der Waals surface area contributed by atoms with Crippen molar-refractivity contribution in [3.8, 4) is 0 Å². The molecule has 0 atom stereocenters. The number of hydrogen-bond donors (Lipinski definition) is 2. The van der Waals surface area contributed by atoms with Gasteiger partial charge in [-0.3, -0.25) is 4.79 Å². The van der Waals surface area contributed by atoms with E-state index in [4.69, 9.17) is 16.2 Å². The Balaban J connectivity index is 2.47. The molecular formula is C10H12N2O3. The predicted octanol–water partition coefficient (Wildman–Crippen LogP) is 0.301. The van der Waals surface area contributed by atoms with E-state index in [0.717, 1.165) is 0 Å². The number of nitrogen functional groups attached to an aromatic ring is 1. The fourth-order valence-corrected chi connectivity index (χ4v) is 0.947. The molecule has 0 aliphatic heterocycles. The minimum Gasteiger partial charge on any atom is -0.462 e. The van der Waals surface area contributed by atoms with Crippen LogP contribution in [0.1, 0.15) is 16.8 Å². The van der Waals surface area contributed by atoms with Crippen LogP contribution in [-0.4, -0.2) is 18.5 Å². The van der Waals surface area contributed by atoms with Crippen LogP contribution in [0.3, 0.4) is 0 Å². The van der Waals surface area contributed by atoms with Crippen LogP contribution >= 0.6 is 0 Å². The fourth-order valence-electron chi connectivity index (χ4n) is 0.947. The summed E-state index contributed by atoms with van der Waals surface area (Å²) >= 11 is 0. The number of esters is 1. The van der Waals surface area contributed by atoms with Crippen molar-refractivity contribution in [3.05, 3.63) is 29.8 Å². The Morgan fingerprint density at radius 2 is 1.80 bits per heavy atom. The lowest BCUT2D eigenvalue weighted by atomic mass is 10.2. The summed E-state index contributed by atoms with van der Waals surface area (Å²) in [6, 6.07) is 6.32. The third kappa shape index (κ3) is 3.68. The van der Waals surface area contributed by atoms with Crippen molar-refractivity contribution < 1.29 is 14.3 Å². The predicted molar refractivity (Wildman–Crippen MR) is 54.9 cm³/mol. The third-order valence-corrected chi connectivity index (χ3v) is 1.73. The Morgan fingerprint density at radius 1 is 1.20 bits per heavy atom. The van der Waals surface area contributed by atoms with Crippen molar-refractivity contribution in [3.63, 3.8) is 0 Å². The first kappa shape index (κ1) is 11.0. The highest BCUT2D eigenvalue weighted by atomic mass is 16.5. The first-order chi connectivity index (χ1) is 7.09. The largest absolute Gasteiger partial charge is 0.462 e. The molecule has 1 amide bonds. The smallest absolute Gasteiger partial charge is 0.338 e. The van der Waals surface area contributed by atoms with Crippen LogP contribution in [0.4, 0.5) is 5.69 Å². The van der Waals surface area contributed by atoms with E-state index in [2.05, 4.69) is 0 Å². The molecular weight excluding hydrogens is 196 g/mol. The molecule has 0 radical (unpaired) electrons. The summed E-state index contributed by atoms with van der Waals surface area (Å²) in [5.74, 6) is -0.989. The van der Waals surface area contributed by atoms with Crippen LogP contribution in [-0.2, 0) is 9.53 Å². The molecule has 80 valence electrons. The lowest BCUT2D eigenvalue weighted by Crippen LogP contribution is -2.15. The highest BCUT2D eigenvalue weighted by Crippen LogP contribution is 2.06. The molecule has 0 spiro atoms. The zero-order valence-electron chi connectivity index (χ0n) is 8.10. The lowest BCUT2D eigenvalue weighted by molar-refractivity contribution is -0.118. The van der Waals surface area contributed by atoms with Crippen molar-refractivity contribution in [2.75, 3.05) is 12.3 Å². The number of carbonyl (C=O) groups excluding carboxylic acids is 2. The maximum Gasteiger partial charge on any atom is 0.338 e. The Morgan fingerprint density at radius 3 is 2.33 bits per heavy atom. The van der Waals surface area contributed by atoms with E-state index in [9.17, 15) is 9.59 Å². The molecule has 0 bridgehead atoms. The van der Waals surface area contributed by atoms with E-state index in [-0.39, 0.29) is 13.0 Å². The molecule has 1 rings (SSSR count). The molecule has 0 unspecified atom stereocenters. The summed E-state index contributed by atoms with van der Waals surface area (Å²) < 4.78 is 4.80. The zero-order chi connectivity index (χ0) is 11.3. The molecule has 0 aliphatic carbocycles. The average molecular weight is 208 g/mol. The van der Waals surface area contributed by atoms with Gasteiger partial charge in [-0.2, -0.15) is 0 Å². The molecule has 5 heteroatoms. The van der Waals surface area contributed by atoms with Gasteiger partial charge in [0.1, 0.15) is 6.61 Å². The summed E-state index contributed by atoms with van der Waals surface area (Å²) in [5.41, 5.74) is 11.3. The Labute approximate surface area is 87.0 Å². The van der Waals surface area contributed by atoms with Crippen molar-refractivity contribution in [2.45, 2.75) is 6.42 Å². The molecule has 0 aliphatic rings. The SMILES string of the molecule is NC(=O)CCOC(=O)c1ccc(N)cc1. The van der Waals surface area contributed by atoms with E-state index in [1.807, 2.05) is 0 Å². The van der Waals surface area contributed by atoms with Crippen molar-refractivity contribution in [2.24, 2.45) is 5.73 Å². The standard InChI is InChI=1S/C10H12N2O3/c11-8-3-1-7(2-4-8)10(14)15-6-5-9(12)13/h1-4H,5-6,11H2,(H2,12,13). The van der Waals surface area contributed by atoms with Crippen molar-refractivity contribution >= 4 is 17.6 Å². The number of amides is 1. The van der Waals surface area contributed by atoms with Gasteiger partial charge in [0.25, 0.3) is 0 Å². The minimum atomic E-state index is -0.500. The van der Waals surface area contributed by atoms with Crippen molar-refractivity contribution in [1.82, 2.24) is 0 Å². The summed E-state index contributed by atoms with van der Waals surface area (Å²) in [6.07, 6.45) is 0.0285. The van der Waals surface area contributed by atoms with Crippen LogP contribution in [0.2, 0.25) is 0 Å². The van der Waals surface area contributed by atoms with Gasteiger partial charge >= 0.3 is 5.97 Å². The van der Waals surface area contributed by atoms with Gasteiger partial charge in [-0.05, 0) is 24.3 Å². The molecule has 1 aromatic carbocycles. The molecule has 0 aromatic heterocycles. The van der Waals surface area contributed by atoms with Gasteiger partial charge in [-0.25, -0.2) is 4.79 Å². The van der Waals surface area contributed by atoms with E-state index < -0.39 is 11.9 Å². The van der Waals surface area contributed by atoms with Crippen LogP contribution in [0, 0.1) is 0 Å². The zero-order valence-corrected chi connectivity index (χ0v) is 8.10. The monoisotopic (exact) mass is 208 g/mol. The second-order valence-corrected chi connectivity index (χ2v) is 2.97. The van der Waals surface area contributed by atoms with Gasteiger partial charge in [0.15, 0.2) is 0 Å². The van der Waals surface area contributed by atoms with Gasteiger partial charge in [-0.1, -0.05) is 0 Å². The number of carbonyl (C=O) groups is 2. The van der Waals surface area contributed by atoms with E-state index in [1.165, 1.54) is 0 Å². The van der Waals surface area contributed by atoms with Crippen LogP contribution < -0.4 is 11.5 Å². The van der Waals surface area contributed by atoms with Crippen molar-refractivity contribution in [1.29, 1.82) is 0 Å². The minimum absolute atomic E-state index is 0.00145. The maximum absolute atomic E-state index is 11.3. The molecule has 15 heavy (non-hydrogen) atoms. The number of anilines is 1. The summed E-state index contributed by atoms with van der Waals surface area (Å²) in [5, 5.41) is 0. The first-order valence-corrected chi connectivity index (χ1v) is 4.40. The van der Waals surface area contributed by atoms with Crippen LogP contribution in [0.5, 0.6) is 0 Å². The molecule has 0 saturated carbocycles. The highest BCUT2D eigenvalue weighted by Gasteiger charge is 2.06. The van der Waals surface area contributed by atoms with E-state index in [0.29, 0.717) is 11.3 Å². The number of hydrogen-bond acceptors (Lipinski definition) is 4. The maximum atomic E-state index is 11.3. The average Bonchev–Trinajstić information content (AvgIpc) is 2.18. The van der Waals surface area contributed by atoms with Gasteiger partial charge in [0.05, 0.1) is 12.0 Å². The second-order valence-electron chi connectivity index (χ2n) is 2.97. The number of rotatable bonds is 4. The number of ether oxygens (including phenoxy) is 1. The summed E-state index contributed by atoms with van der Waals surface area (Å²) in [7, 11) is 0. The number of benzene rings is 1. The first-order valence-electron chi connectivity index (χ1n) is 4.40. The Hall–Kier alpha value is -2.04. The quantitative estimate of drug-likeness (QED) is 0.549. The fraction of sp³-hybridized carbons (Fsp3) is 0.200. The summed E-state index contributed by atoms with van der Waals surface area (Å²) in [4.78, 5) is 21.7. The Kier molecular flexibility index (Phi) is 3.68. The van der Waals surface area contributed by atoms with Crippen LogP contribution in [0.15, 0.2) is 24.3 Å². The normalized spacial score (nSPS) is 9.60. The van der Waals surface area contributed by atoms with E-state index >= 15 is 0 Å². The molecule has 4 N–H and O–H groups in total. The molecule has 0 fully saturated rings. The topological polar surface area (TPSA) is 95.4 Å². The van der Waals surface area contributed by atoms with E-state index in [1.54, 1.807) is 24.3 Å². The van der Waals surface area contributed by atoms with Gasteiger partial charge < -0.3 is 16.2 Å². The molecule has 0 saturated heterocycles. The summed E-state index contributed by atoms with van der Waals surface area (Å²) in [6.45, 7) is -0.00145. The van der Waals surface area contributed by atoms with Gasteiger partial charge in [0, 0.05) is 5.69 Å². The van der Waals surface area contributed by atoms with Crippen LogP contribution in [0.25, 0.3) is 0 Å². The van der Waals surface area contributed by atoms with Gasteiger partial charge in [-0.15, -0.1) is 0 Å². The number of nitrogens with two attached hydrogens (primary N) is 2. The second kappa shape index (κ2) is 4.99. The lowest BCUT2D eigenvalue weighted by Gasteiger charge is -2.03. The molecule has 5 nitrogen and oxygen atoms in total. The number of primary amides is 1.